The Morgan fingerprint density at radius 1 is 1.15 bits per heavy atom. The first kappa shape index (κ1) is 18.0. The lowest BCUT2D eigenvalue weighted by Gasteiger charge is -2.21. The average Bonchev–Trinajstić information content (AvgIpc) is 2.98. The molecule has 0 N–H and O–H groups in total. The zero-order valence-corrected chi connectivity index (χ0v) is 14.8. The van der Waals surface area contributed by atoms with Gasteiger partial charge in [-0.2, -0.15) is 22.7 Å². The SMILES string of the molecule is COc1ccc(C)cc1CN(C)c1cc(C)nc2nc(C(F)(F)F)nn12. The number of aromatic nitrogens is 4. The second kappa shape index (κ2) is 6.47. The fraction of sp³-hybridized carbons (Fsp3) is 0.353. The van der Waals surface area contributed by atoms with Gasteiger partial charge in [-0.1, -0.05) is 17.7 Å². The molecule has 138 valence electrons. The first-order valence-electron chi connectivity index (χ1n) is 7.85. The van der Waals surface area contributed by atoms with Crippen molar-refractivity contribution >= 4 is 11.6 Å². The Hall–Kier alpha value is -2.84. The van der Waals surface area contributed by atoms with Gasteiger partial charge < -0.3 is 9.64 Å². The average molecular weight is 365 g/mol. The first-order valence-corrected chi connectivity index (χ1v) is 7.85. The summed E-state index contributed by atoms with van der Waals surface area (Å²) >= 11 is 0. The van der Waals surface area contributed by atoms with Crippen LogP contribution >= 0.6 is 0 Å². The van der Waals surface area contributed by atoms with E-state index in [1.165, 1.54) is 0 Å². The molecule has 0 aliphatic heterocycles. The Balaban J connectivity index is 2.04. The molecule has 0 aliphatic rings. The number of ether oxygens (including phenoxy) is 1. The molecule has 0 fully saturated rings. The molecule has 0 atom stereocenters. The molecule has 0 spiro atoms. The molecule has 26 heavy (non-hydrogen) atoms. The monoisotopic (exact) mass is 365 g/mol. The molecule has 0 bridgehead atoms. The molecule has 0 saturated heterocycles. The summed E-state index contributed by atoms with van der Waals surface area (Å²) in [6.07, 6.45) is -4.63. The Kier molecular flexibility index (Phi) is 4.47. The molecule has 2 aromatic heterocycles. The molecule has 3 rings (SSSR count). The Labute approximate surface area is 148 Å². The van der Waals surface area contributed by atoms with Crippen LogP contribution in [-0.2, 0) is 12.7 Å². The number of aryl methyl sites for hydroxylation is 2. The number of hydrogen-bond acceptors (Lipinski definition) is 5. The summed E-state index contributed by atoms with van der Waals surface area (Å²) in [4.78, 5) is 9.34. The number of anilines is 1. The van der Waals surface area contributed by atoms with Crippen molar-refractivity contribution in [2.45, 2.75) is 26.6 Å². The van der Waals surface area contributed by atoms with Gasteiger partial charge in [0.05, 0.1) is 7.11 Å². The van der Waals surface area contributed by atoms with E-state index >= 15 is 0 Å². The van der Waals surface area contributed by atoms with Gasteiger partial charge in [0.15, 0.2) is 0 Å². The highest BCUT2D eigenvalue weighted by molar-refractivity contribution is 5.49. The minimum atomic E-state index is -4.63. The lowest BCUT2D eigenvalue weighted by Crippen LogP contribution is -2.21. The summed E-state index contributed by atoms with van der Waals surface area (Å²) < 4.78 is 45.3. The maximum atomic E-state index is 13.0. The van der Waals surface area contributed by atoms with Crippen LogP contribution in [0.2, 0.25) is 0 Å². The van der Waals surface area contributed by atoms with Crippen molar-refractivity contribution in [1.82, 2.24) is 19.6 Å². The van der Waals surface area contributed by atoms with Crippen LogP contribution < -0.4 is 9.64 Å². The number of alkyl halides is 3. The molecular weight excluding hydrogens is 347 g/mol. The highest BCUT2D eigenvalue weighted by Gasteiger charge is 2.37. The molecule has 1 aromatic carbocycles. The number of benzene rings is 1. The second-order valence-corrected chi connectivity index (χ2v) is 6.07. The first-order chi connectivity index (χ1) is 12.2. The Morgan fingerprint density at radius 2 is 1.88 bits per heavy atom. The van der Waals surface area contributed by atoms with E-state index in [9.17, 15) is 13.2 Å². The predicted molar refractivity (Wildman–Crippen MR) is 90.4 cm³/mol. The fourth-order valence-electron chi connectivity index (χ4n) is 2.73. The van der Waals surface area contributed by atoms with Crippen LogP contribution in [0.15, 0.2) is 24.3 Å². The van der Waals surface area contributed by atoms with Crippen molar-refractivity contribution in [1.29, 1.82) is 0 Å². The normalized spacial score (nSPS) is 11.8. The van der Waals surface area contributed by atoms with Crippen molar-refractivity contribution in [3.63, 3.8) is 0 Å². The highest BCUT2D eigenvalue weighted by Crippen LogP contribution is 2.28. The molecule has 3 aromatic rings. The van der Waals surface area contributed by atoms with Gasteiger partial charge in [-0.15, -0.1) is 5.10 Å². The van der Waals surface area contributed by atoms with Crippen molar-refractivity contribution in [3.8, 4) is 5.75 Å². The minimum Gasteiger partial charge on any atom is -0.496 e. The summed E-state index contributed by atoms with van der Waals surface area (Å²) in [5.74, 6) is -0.133. The molecule has 2 heterocycles. The number of rotatable bonds is 4. The quantitative estimate of drug-likeness (QED) is 0.709. The van der Waals surface area contributed by atoms with Crippen molar-refractivity contribution in [2.24, 2.45) is 0 Å². The number of nitrogens with zero attached hydrogens (tertiary/aromatic N) is 5. The van der Waals surface area contributed by atoms with Gasteiger partial charge >= 0.3 is 6.18 Å². The van der Waals surface area contributed by atoms with E-state index < -0.39 is 12.0 Å². The summed E-state index contributed by atoms with van der Waals surface area (Å²) in [6, 6.07) is 7.44. The van der Waals surface area contributed by atoms with E-state index in [0.717, 1.165) is 15.6 Å². The van der Waals surface area contributed by atoms with Gasteiger partial charge in [0.25, 0.3) is 11.6 Å². The number of halogens is 3. The van der Waals surface area contributed by atoms with Crippen LogP contribution in [-0.4, -0.2) is 33.7 Å². The molecule has 9 heteroatoms. The maximum absolute atomic E-state index is 13.0. The van der Waals surface area contributed by atoms with Gasteiger partial charge in [-0.3, -0.25) is 0 Å². The summed E-state index contributed by atoms with van der Waals surface area (Å²) in [6.45, 7) is 4.09. The molecule has 0 amide bonds. The van der Waals surface area contributed by atoms with Crippen LogP contribution in [0.5, 0.6) is 5.75 Å². The summed E-state index contributed by atoms with van der Waals surface area (Å²) in [5.41, 5.74) is 2.52. The van der Waals surface area contributed by atoms with Gasteiger partial charge in [-0.05, 0) is 19.9 Å². The standard InChI is InChI=1S/C17H18F3N5O/c1-10-5-6-13(26-4)12(7-10)9-24(3)14-8-11(2)21-16-22-15(17(18,19)20)23-25(14)16/h5-8H,9H2,1-4H3. The minimum absolute atomic E-state index is 0.0876. The van der Waals surface area contributed by atoms with Gasteiger partial charge in [0, 0.05) is 30.9 Å². The third-order valence-corrected chi connectivity index (χ3v) is 3.91. The van der Waals surface area contributed by atoms with Crippen LogP contribution in [0.1, 0.15) is 22.6 Å². The van der Waals surface area contributed by atoms with E-state index in [-0.39, 0.29) is 5.78 Å². The molecular formula is C17H18F3N5O. The number of hydrogen-bond donors (Lipinski definition) is 0. The maximum Gasteiger partial charge on any atom is 0.453 e. The largest absolute Gasteiger partial charge is 0.496 e. The molecule has 0 unspecified atom stereocenters. The lowest BCUT2D eigenvalue weighted by molar-refractivity contribution is -0.144. The summed E-state index contributed by atoms with van der Waals surface area (Å²) in [5, 5.41) is 3.59. The molecule has 6 nitrogen and oxygen atoms in total. The number of fused-ring (bicyclic) bond motifs is 1. The van der Waals surface area contributed by atoms with Gasteiger partial charge in [0.2, 0.25) is 0 Å². The Morgan fingerprint density at radius 3 is 2.54 bits per heavy atom. The second-order valence-electron chi connectivity index (χ2n) is 6.07. The van der Waals surface area contributed by atoms with Gasteiger partial charge in [0.1, 0.15) is 11.6 Å². The van der Waals surface area contributed by atoms with Crippen LogP contribution in [0.4, 0.5) is 19.0 Å². The van der Waals surface area contributed by atoms with Crippen LogP contribution in [0, 0.1) is 13.8 Å². The zero-order valence-electron chi connectivity index (χ0n) is 14.8. The van der Waals surface area contributed by atoms with Gasteiger partial charge in [-0.25, -0.2) is 4.98 Å². The van der Waals surface area contributed by atoms with E-state index in [2.05, 4.69) is 15.1 Å². The van der Waals surface area contributed by atoms with E-state index in [4.69, 9.17) is 4.74 Å². The predicted octanol–water partition coefficient (Wildman–Crippen LogP) is 3.40. The van der Waals surface area contributed by atoms with Crippen molar-refractivity contribution in [3.05, 3.63) is 46.9 Å². The molecule has 0 saturated carbocycles. The highest BCUT2D eigenvalue weighted by atomic mass is 19.4. The lowest BCUT2D eigenvalue weighted by atomic mass is 10.1. The topological polar surface area (TPSA) is 55.5 Å². The summed E-state index contributed by atoms with van der Waals surface area (Å²) in [7, 11) is 3.35. The smallest absolute Gasteiger partial charge is 0.453 e. The van der Waals surface area contributed by atoms with Crippen molar-refractivity contribution < 1.29 is 17.9 Å². The Bertz CT molecular complexity index is 951. The third kappa shape index (κ3) is 3.42. The van der Waals surface area contributed by atoms with E-state index in [1.54, 1.807) is 32.0 Å². The van der Waals surface area contributed by atoms with E-state index in [0.29, 0.717) is 23.8 Å². The number of methoxy groups -OCH3 is 1. The molecule has 0 radical (unpaired) electrons. The zero-order chi connectivity index (χ0) is 19.1. The third-order valence-electron chi connectivity index (χ3n) is 3.91. The fourth-order valence-corrected chi connectivity index (χ4v) is 2.73. The molecule has 0 aliphatic carbocycles. The van der Waals surface area contributed by atoms with E-state index in [1.807, 2.05) is 25.1 Å². The van der Waals surface area contributed by atoms with Crippen molar-refractivity contribution in [2.75, 3.05) is 19.1 Å². The van der Waals surface area contributed by atoms with Crippen LogP contribution in [0.3, 0.4) is 0 Å². The van der Waals surface area contributed by atoms with Crippen LogP contribution in [0.25, 0.3) is 5.78 Å².